The van der Waals surface area contributed by atoms with E-state index < -0.39 is 23.7 Å². The van der Waals surface area contributed by atoms with E-state index in [-0.39, 0.29) is 35.0 Å². The standard InChI is InChI=1S/C24H20F3N7O3S/c1-3-14-6-7-18(38-14)15-9-19(24(25,26)27)34-20(30-15)10-16(32-34)22(35)31-17-12-29-33(2)21(17)23(36)28-11-13-5-4-8-37-13/h4-10,12H,3,11H2,1-2H3,(H,28,36)(H,31,35). The molecule has 0 aromatic carbocycles. The van der Waals surface area contributed by atoms with Gasteiger partial charge in [-0.3, -0.25) is 14.3 Å². The Balaban J connectivity index is 1.44. The molecular weight excluding hydrogens is 523 g/mol. The topological polar surface area (TPSA) is 119 Å². The van der Waals surface area contributed by atoms with Crippen LogP contribution in [0.4, 0.5) is 18.9 Å². The van der Waals surface area contributed by atoms with Crippen LogP contribution < -0.4 is 10.6 Å². The molecule has 0 atom stereocenters. The zero-order chi connectivity index (χ0) is 27.0. The summed E-state index contributed by atoms with van der Waals surface area (Å²) >= 11 is 1.35. The number of hydrogen-bond donors (Lipinski definition) is 2. The number of thiophene rings is 1. The minimum absolute atomic E-state index is 0.0366. The van der Waals surface area contributed by atoms with Gasteiger partial charge in [0.15, 0.2) is 17.0 Å². The second-order valence-corrected chi connectivity index (χ2v) is 9.36. The highest BCUT2D eigenvalue weighted by molar-refractivity contribution is 7.15. The number of hydrogen-bond acceptors (Lipinski definition) is 7. The summed E-state index contributed by atoms with van der Waals surface area (Å²) in [5.41, 5.74) is -1.30. The molecule has 14 heteroatoms. The first-order valence-corrected chi connectivity index (χ1v) is 12.2. The Hall–Kier alpha value is -4.46. The van der Waals surface area contributed by atoms with Crippen LogP contribution in [0.1, 0.15) is 44.2 Å². The molecule has 5 rings (SSSR count). The molecule has 5 heterocycles. The highest BCUT2D eigenvalue weighted by Crippen LogP contribution is 2.34. The number of rotatable bonds is 7. The minimum atomic E-state index is -4.75. The number of nitrogens with zero attached hydrogens (tertiary/aromatic N) is 5. The fourth-order valence-corrected chi connectivity index (χ4v) is 4.68. The van der Waals surface area contributed by atoms with Crippen LogP contribution in [-0.4, -0.2) is 36.2 Å². The van der Waals surface area contributed by atoms with Gasteiger partial charge in [0.1, 0.15) is 11.5 Å². The van der Waals surface area contributed by atoms with Crippen LogP contribution in [0.15, 0.2) is 53.3 Å². The highest BCUT2D eigenvalue weighted by atomic mass is 32.1. The van der Waals surface area contributed by atoms with Crippen molar-refractivity contribution in [2.75, 3.05) is 5.32 Å². The van der Waals surface area contributed by atoms with Gasteiger partial charge in [0.05, 0.1) is 35.3 Å². The van der Waals surface area contributed by atoms with Crippen LogP contribution >= 0.6 is 11.3 Å². The third-order valence-electron chi connectivity index (χ3n) is 5.62. The maximum absolute atomic E-state index is 13.9. The van der Waals surface area contributed by atoms with Crippen LogP contribution in [0.2, 0.25) is 0 Å². The number of furan rings is 1. The van der Waals surface area contributed by atoms with E-state index in [1.165, 1.54) is 35.5 Å². The first kappa shape index (κ1) is 25.2. The van der Waals surface area contributed by atoms with Crippen molar-refractivity contribution in [3.63, 3.8) is 0 Å². The fourth-order valence-electron chi connectivity index (χ4n) is 3.77. The second-order valence-electron chi connectivity index (χ2n) is 8.19. The van der Waals surface area contributed by atoms with Gasteiger partial charge in [-0.05, 0) is 36.8 Å². The number of halogens is 3. The van der Waals surface area contributed by atoms with Crippen LogP contribution in [-0.2, 0) is 26.2 Å². The lowest BCUT2D eigenvalue weighted by Gasteiger charge is -2.10. The average molecular weight is 544 g/mol. The van der Waals surface area contributed by atoms with E-state index in [4.69, 9.17) is 4.42 Å². The van der Waals surface area contributed by atoms with Crippen molar-refractivity contribution in [3.05, 3.63) is 76.6 Å². The molecule has 0 aliphatic carbocycles. The fraction of sp³-hybridized carbons (Fsp3) is 0.208. The Morgan fingerprint density at radius 1 is 1.16 bits per heavy atom. The molecule has 0 fully saturated rings. The number of carbonyl (C=O) groups excluding carboxylic acids is 2. The summed E-state index contributed by atoms with van der Waals surface area (Å²) in [6, 6.07) is 8.99. The van der Waals surface area contributed by atoms with Gasteiger partial charge in [-0.25, -0.2) is 9.50 Å². The van der Waals surface area contributed by atoms with Gasteiger partial charge in [-0.1, -0.05) is 6.92 Å². The first-order chi connectivity index (χ1) is 18.1. The van der Waals surface area contributed by atoms with Crippen LogP contribution in [0.5, 0.6) is 0 Å². The maximum Gasteiger partial charge on any atom is 0.433 e. The van der Waals surface area contributed by atoms with Gasteiger partial charge < -0.3 is 15.1 Å². The Labute approximate surface area is 217 Å². The molecule has 0 aliphatic rings. The Bertz CT molecular complexity index is 1630. The predicted octanol–water partition coefficient (Wildman–Crippen LogP) is 4.55. The molecule has 38 heavy (non-hydrogen) atoms. The van der Waals surface area contributed by atoms with Crippen molar-refractivity contribution in [2.24, 2.45) is 7.05 Å². The summed E-state index contributed by atoms with van der Waals surface area (Å²) in [4.78, 5) is 31.6. The monoisotopic (exact) mass is 543 g/mol. The molecule has 196 valence electrons. The molecular formula is C24H20F3N7O3S. The third-order valence-corrected chi connectivity index (χ3v) is 6.87. The molecule has 0 unspecified atom stereocenters. The lowest BCUT2D eigenvalue weighted by molar-refractivity contribution is -0.142. The number of anilines is 1. The van der Waals surface area contributed by atoms with Crippen molar-refractivity contribution in [1.29, 1.82) is 0 Å². The molecule has 5 aromatic heterocycles. The van der Waals surface area contributed by atoms with Gasteiger partial charge in [0, 0.05) is 18.0 Å². The van der Waals surface area contributed by atoms with Crippen molar-refractivity contribution in [1.82, 2.24) is 29.7 Å². The van der Waals surface area contributed by atoms with E-state index in [0.717, 1.165) is 23.4 Å². The lowest BCUT2D eigenvalue weighted by atomic mass is 10.2. The Kier molecular flexibility index (Phi) is 6.48. The molecule has 0 spiro atoms. The van der Waals surface area contributed by atoms with E-state index in [9.17, 15) is 22.8 Å². The second kappa shape index (κ2) is 9.78. The number of nitrogens with one attached hydrogen (secondary N) is 2. The quantitative estimate of drug-likeness (QED) is 0.311. The summed E-state index contributed by atoms with van der Waals surface area (Å²) in [7, 11) is 1.51. The van der Waals surface area contributed by atoms with Gasteiger partial charge >= 0.3 is 6.18 Å². The van der Waals surface area contributed by atoms with Crippen molar-refractivity contribution in [3.8, 4) is 10.6 Å². The number of aromatic nitrogens is 5. The Morgan fingerprint density at radius 3 is 2.66 bits per heavy atom. The van der Waals surface area contributed by atoms with Gasteiger partial charge in [0.25, 0.3) is 11.8 Å². The van der Waals surface area contributed by atoms with Crippen LogP contribution in [0.25, 0.3) is 16.2 Å². The smallest absolute Gasteiger partial charge is 0.433 e. The number of aryl methyl sites for hydroxylation is 2. The molecule has 0 radical (unpaired) electrons. The van der Waals surface area contributed by atoms with Crippen molar-refractivity contribution < 1.29 is 27.2 Å². The summed E-state index contributed by atoms with van der Waals surface area (Å²) in [5, 5.41) is 13.0. The largest absolute Gasteiger partial charge is 0.467 e. The van der Waals surface area contributed by atoms with E-state index in [2.05, 4.69) is 25.8 Å². The van der Waals surface area contributed by atoms with E-state index in [1.54, 1.807) is 18.2 Å². The summed E-state index contributed by atoms with van der Waals surface area (Å²) in [5.74, 6) is -0.848. The molecule has 2 amide bonds. The third kappa shape index (κ3) is 4.89. The summed E-state index contributed by atoms with van der Waals surface area (Å²) in [6.07, 6.45) is -1.28. The Morgan fingerprint density at radius 2 is 1.97 bits per heavy atom. The number of amides is 2. The van der Waals surface area contributed by atoms with Gasteiger partial charge in [-0.15, -0.1) is 11.3 Å². The molecule has 10 nitrogen and oxygen atoms in total. The van der Waals surface area contributed by atoms with Crippen LogP contribution in [0.3, 0.4) is 0 Å². The maximum atomic E-state index is 13.9. The van der Waals surface area contributed by atoms with Crippen molar-refractivity contribution >= 4 is 34.5 Å². The average Bonchev–Trinajstić information content (AvgIpc) is 3.68. The predicted molar refractivity (Wildman–Crippen MR) is 132 cm³/mol. The summed E-state index contributed by atoms with van der Waals surface area (Å²) in [6.45, 7) is 2.06. The van der Waals surface area contributed by atoms with Crippen LogP contribution in [0, 0.1) is 0 Å². The first-order valence-electron chi connectivity index (χ1n) is 11.3. The van der Waals surface area contributed by atoms with E-state index in [0.29, 0.717) is 15.2 Å². The minimum Gasteiger partial charge on any atom is -0.467 e. The zero-order valence-corrected chi connectivity index (χ0v) is 20.9. The molecule has 0 saturated carbocycles. The van der Waals surface area contributed by atoms with Gasteiger partial charge in [-0.2, -0.15) is 23.4 Å². The molecule has 2 N–H and O–H groups in total. The lowest BCUT2D eigenvalue weighted by Crippen LogP contribution is -2.26. The molecule has 0 saturated heterocycles. The molecule has 0 aliphatic heterocycles. The van der Waals surface area contributed by atoms with Gasteiger partial charge in [0.2, 0.25) is 0 Å². The molecule has 0 bridgehead atoms. The SMILES string of the molecule is CCc1ccc(-c2cc(C(F)(F)F)n3nc(C(=O)Nc4cnn(C)c4C(=O)NCc4ccco4)cc3n2)s1. The molecule has 5 aromatic rings. The van der Waals surface area contributed by atoms with E-state index in [1.807, 2.05) is 13.0 Å². The number of fused-ring (bicyclic) bond motifs is 1. The zero-order valence-electron chi connectivity index (χ0n) is 20.0. The number of carbonyl (C=O) groups is 2. The van der Waals surface area contributed by atoms with Crippen molar-refractivity contribution in [2.45, 2.75) is 26.1 Å². The summed E-state index contributed by atoms with van der Waals surface area (Å²) < 4.78 is 48.8. The normalized spacial score (nSPS) is 11.7. The van der Waals surface area contributed by atoms with E-state index >= 15 is 0 Å². The highest BCUT2D eigenvalue weighted by Gasteiger charge is 2.36. The number of alkyl halides is 3.